The molecule has 1 aromatic carbocycles. The summed E-state index contributed by atoms with van der Waals surface area (Å²) in [5.74, 6) is 0.165. The van der Waals surface area contributed by atoms with Gasteiger partial charge in [0.05, 0.1) is 19.0 Å². The van der Waals surface area contributed by atoms with Gasteiger partial charge in [-0.15, -0.1) is 11.3 Å². The van der Waals surface area contributed by atoms with E-state index < -0.39 is 0 Å². The number of piperazine rings is 1. The lowest BCUT2D eigenvalue weighted by Crippen LogP contribution is -2.47. The predicted octanol–water partition coefficient (Wildman–Crippen LogP) is 3.62. The van der Waals surface area contributed by atoms with E-state index in [9.17, 15) is 4.79 Å². The number of aromatic nitrogens is 1. The summed E-state index contributed by atoms with van der Waals surface area (Å²) < 4.78 is 2.03. The average molecular weight is 393 g/mol. The summed E-state index contributed by atoms with van der Waals surface area (Å²) in [7, 11) is 0. The van der Waals surface area contributed by atoms with E-state index in [1.165, 1.54) is 4.88 Å². The van der Waals surface area contributed by atoms with Crippen molar-refractivity contribution in [1.29, 1.82) is 5.26 Å². The second-order valence-corrected chi connectivity index (χ2v) is 8.25. The predicted molar refractivity (Wildman–Crippen MR) is 113 cm³/mol. The highest BCUT2D eigenvalue weighted by Crippen LogP contribution is 2.23. The molecular weight excluding hydrogens is 368 g/mol. The molecule has 0 bridgehead atoms. The second-order valence-electron chi connectivity index (χ2n) is 7.22. The van der Waals surface area contributed by atoms with Gasteiger partial charge >= 0.3 is 0 Å². The fourth-order valence-electron chi connectivity index (χ4n) is 3.84. The zero-order valence-corrected chi connectivity index (χ0v) is 16.7. The van der Waals surface area contributed by atoms with Crippen LogP contribution < -0.4 is 0 Å². The minimum atomic E-state index is 0.165. The van der Waals surface area contributed by atoms with Crippen molar-refractivity contribution in [1.82, 2.24) is 14.4 Å². The smallest absolute Gasteiger partial charge is 0.178 e. The third kappa shape index (κ3) is 4.17. The number of para-hydroxylation sites is 1. The SMILES string of the molecule is N#CCCn1cc(C(=O)CN2CCN(Cc3cccs3)CC2)c2ccccc21. The summed E-state index contributed by atoms with van der Waals surface area (Å²) in [5.41, 5.74) is 1.80. The van der Waals surface area contributed by atoms with E-state index >= 15 is 0 Å². The van der Waals surface area contributed by atoms with Crippen molar-refractivity contribution in [2.75, 3.05) is 32.7 Å². The number of hydrogen-bond donors (Lipinski definition) is 0. The van der Waals surface area contributed by atoms with Crippen LogP contribution in [0.2, 0.25) is 0 Å². The normalized spacial score (nSPS) is 15.7. The summed E-state index contributed by atoms with van der Waals surface area (Å²) in [5, 5.41) is 12.0. The van der Waals surface area contributed by atoms with Gasteiger partial charge in [-0.2, -0.15) is 5.26 Å². The number of nitrogens with zero attached hydrogens (tertiary/aromatic N) is 4. The zero-order valence-electron chi connectivity index (χ0n) is 15.9. The highest BCUT2D eigenvalue weighted by atomic mass is 32.1. The number of benzene rings is 1. The summed E-state index contributed by atoms with van der Waals surface area (Å²) in [6, 6.07) is 14.4. The van der Waals surface area contributed by atoms with E-state index in [0.29, 0.717) is 19.5 Å². The molecule has 0 saturated carbocycles. The van der Waals surface area contributed by atoms with Gasteiger partial charge in [0.2, 0.25) is 0 Å². The Morgan fingerprint density at radius 3 is 2.61 bits per heavy atom. The van der Waals surface area contributed by atoms with Crippen LogP contribution in [0.5, 0.6) is 0 Å². The van der Waals surface area contributed by atoms with E-state index in [-0.39, 0.29) is 5.78 Å². The molecule has 0 atom stereocenters. The Balaban J connectivity index is 1.40. The van der Waals surface area contributed by atoms with Gasteiger partial charge in [0, 0.05) is 66.8 Å². The van der Waals surface area contributed by atoms with Crippen LogP contribution in [-0.4, -0.2) is 52.9 Å². The number of thiophene rings is 1. The van der Waals surface area contributed by atoms with Crippen molar-refractivity contribution in [2.45, 2.75) is 19.5 Å². The Morgan fingerprint density at radius 2 is 1.86 bits per heavy atom. The molecule has 144 valence electrons. The van der Waals surface area contributed by atoms with Crippen LogP contribution in [0, 0.1) is 11.3 Å². The Hall–Kier alpha value is -2.46. The fourth-order valence-corrected chi connectivity index (χ4v) is 4.59. The maximum atomic E-state index is 13.0. The highest BCUT2D eigenvalue weighted by molar-refractivity contribution is 7.09. The van der Waals surface area contributed by atoms with Crippen LogP contribution in [-0.2, 0) is 13.1 Å². The standard InChI is InChI=1S/C22H24N4OS/c23-8-4-9-26-16-20(19-6-1-2-7-21(19)26)22(27)17-25-12-10-24(11-13-25)15-18-5-3-14-28-18/h1-3,5-7,14,16H,4,9-13,15,17H2. The molecule has 0 unspecified atom stereocenters. The lowest BCUT2D eigenvalue weighted by molar-refractivity contribution is 0.0846. The number of fused-ring (bicyclic) bond motifs is 1. The molecule has 1 aliphatic rings. The molecule has 1 fully saturated rings. The molecule has 5 nitrogen and oxygen atoms in total. The van der Waals surface area contributed by atoms with Crippen LogP contribution in [0.25, 0.3) is 10.9 Å². The third-order valence-electron chi connectivity index (χ3n) is 5.35. The average Bonchev–Trinajstić information content (AvgIpc) is 3.36. The molecule has 2 aromatic heterocycles. The van der Waals surface area contributed by atoms with Crippen LogP contribution in [0.3, 0.4) is 0 Å². The number of carbonyl (C=O) groups excluding carboxylic acids is 1. The summed E-state index contributed by atoms with van der Waals surface area (Å²) in [4.78, 5) is 19.1. The minimum absolute atomic E-state index is 0.165. The molecule has 6 heteroatoms. The Morgan fingerprint density at radius 1 is 1.07 bits per heavy atom. The summed E-state index contributed by atoms with van der Waals surface area (Å²) in [6.45, 7) is 5.91. The van der Waals surface area contributed by atoms with E-state index in [2.05, 4.69) is 33.4 Å². The molecule has 28 heavy (non-hydrogen) atoms. The van der Waals surface area contributed by atoms with Gasteiger partial charge in [0.25, 0.3) is 0 Å². The number of ketones is 1. The number of aryl methyl sites for hydroxylation is 1. The zero-order chi connectivity index (χ0) is 19.3. The summed E-state index contributed by atoms with van der Waals surface area (Å²) in [6.07, 6.45) is 2.37. The van der Waals surface area contributed by atoms with Crippen LogP contribution in [0.15, 0.2) is 48.0 Å². The fraction of sp³-hybridized carbons (Fsp3) is 0.364. The number of rotatable bonds is 7. The number of nitriles is 1. The Labute approximate surface area is 169 Å². The van der Waals surface area contributed by atoms with Crippen molar-refractivity contribution in [3.05, 3.63) is 58.4 Å². The number of carbonyl (C=O) groups is 1. The third-order valence-corrected chi connectivity index (χ3v) is 6.21. The highest BCUT2D eigenvalue weighted by Gasteiger charge is 2.22. The van der Waals surface area contributed by atoms with E-state index in [0.717, 1.165) is 49.2 Å². The van der Waals surface area contributed by atoms with Gasteiger partial charge in [-0.3, -0.25) is 14.6 Å². The first kappa shape index (κ1) is 18.9. The van der Waals surface area contributed by atoms with Gasteiger partial charge in [-0.25, -0.2) is 0 Å². The molecule has 0 amide bonds. The molecule has 1 aliphatic heterocycles. The molecule has 4 rings (SSSR count). The second kappa shape index (κ2) is 8.70. The first-order valence-electron chi connectivity index (χ1n) is 9.69. The molecule has 3 heterocycles. The van der Waals surface area contributed by atoms with Crippen molar-refractivity contribution in [3.63, 3.8) is 0 Å². The quantitative estimate of drug-likeness (QED) is 0.576. The van der Waals surface area contributed by atoms with Crippen molar-refractivity contribution in [2.24, 2.45) is 0 Å². The first-order chi connectivity index (χ1) is 13.7. The minimum Gasteiger partial charge on any atom is -0.346 e. The van der Waals surface area contributed by atoms with E-state index in [4.69, 9.17) is 5.26 Å². The van der Waals surface area contributed by atoms with Crippen LogP contribution in [0.4, 0.5) is 0 Å². The van der Waals surface area contributed by atoms with Crippen molar-refractivity contribution in [3.8, 4) is 6.07 Å². The maximum absolute atomic E-state index is 13.0. The van der Waals surface area contributed by atoms with Gasteiger partial charge in [0.1, 0.15) is 0 Å². The number of Topliss-reactive ketones (excluding diaryl/α,β-unsaturated/α-hetero) is 1. The van der Waals surface area contributed by atoms with Crippen molar-refractivity contribution < 1.29 is 4.79 Å². The topological polar surface area (TPSA) is 52.3 Å². The van der Waals surface area contributed by atoms with Gasteiger partial charge < -0.3 is 4.57 Å². The Bertz CT molecular complexity index is 978. The monoisotopic (exact) mass is 392 g/mol. The molecular formula is C22H24N4OS. The molecule has 0 radical (unpaired) electrons. The van der Waals surface area contributed by atoms with E-state index in [1.54, 1.807) is 11.3 Å². The number of hydrogen-bond acceptors (Lipinski definition) is 5. The lowest BCUT2D eigenvalue weighted by Gasteiger charge is -2.34. The Kier molecular flexibility index (Phi) is 5.87. The van der Waals surface area contributed by atoms with Crippen LogP contribution in [0.1, 0.15) is 21.7 Å². The molecule has 1 saturated heterocycles. The lowest BCUT2D eigenvalue weighted by atomic mass is 10.1. The molecule has 0 spiro atoms. The molecule has 0 N–H and O–H groups in total. The molecule has 0 aliphatic carbocycles. The molecule has 3 aromatic rings. The maximum Gasteiger partial charge on any atom is 0.178 e. The van der Waals surface area contributed by atoms with Gasteiger partial charge in [-0.1, -0.05) is 24.3 Å². The van der Waals surface area contributed by atoms with Crippen molar-refractivity contribution >= 4 is 28.0 Å². The van der Waals surface area contributed by atoms with E-state index in [1.807, 2.05) is 35.0 Å². The first-order valence-corrected chi connectivity index (χ1v) is 10.6. The van der Waals surface area contributed by atoms with Gasteiger partial charge in [-0.05, 0) is 17.5 Å². The summed E-state index contributed by atoms with van der Waals surface area (Å²) >= 11 is 1.80. The largest absolute Gasteiger partial charge is 0.346 e. The van der Waals surface area contributed by atoms with Gasteiger partial charge in [0.15, 0.2) is 5.78 Å². The van der Waals surface area contributed by atoms with Crippen LogP contribution >= 0.6 is 11.3 Å².